The van der Waals surface area contributed by atoms with E-state index in [4.69, 9.17) is 21.1 Å². The molecular weight excluding hydrogens is 387 g/mol. The van der Waals surface area contributed by atoms with Crippen molar-refractivity contribution in [1.29, 1.82) is 0 Å². The molecule has 3 rings (SSSR count). The Morgan fingerprint density at radius 2 is 2.04 bits per heavy atom. The van der Waals surface area contributed by atoms with Crippen molar-refractivity contribution in [2.75, 3.05) is 12.4 Å². The summed E-state index contributed by atoms with van der Waals surface area (Å²) in [5, 5.41) is 3.34. The highest BCUT2D eigenvalue weighted by atomic mass is 35.5. The number of benzene rings is 1. The zero-order valence-corrected chi connectivity index (χ0v) is 16.6. The summed E-state index contributed by atoms with van der Waals surface area (Å²) < 4.78 is 30.8. The Hall–Kier alpha value is -2.80. The van der Waals surface area contributed by atoms with Gasteiger partial charge in [0, 0.05) is 22.5 Å². The molecule has 1 aliphatic rings. The molecule has 1 atom stereocenters. The molecule has 1 aromatic heterocycles. The molecule has 2 aromatic rings. The maximum atomic E-state index is 14.9. The molecule has 1 aromatic carbocycles. The van der Waals surface area contributed by atoms with Crippen molar-refractivity contribution in [3.05, 3.63) is 63.9 Å². The number of rotatable bonds is 4. The average Bonchev–Trinajstić information content (AvgIpc) is 2.63. The number of hydrogen-bond acceptors (Lipinski definition) is 6. The molecule has 2 heterocycles. The number of hydrogen-bond donors (Lipinski definition) is 1. The lowest BCUT2D eigenvalue weighted by Crippen LogP contribution is -2.24. The second-order valence-electron chi connectivity index (χ2n) is 6.48. The lowest BCUT2D eigenvalue weighted by Gasteiger charge is -2.31. The Morgan fingerprint density at radius 1 is 1.29 bits per heavy atom. The van der Waals surface area contributed by atoms with Crippen molar-refractivity contribution in [2.24, 2.45) is 0 Å². The molecule has 0 bridgehead atoms. The van der Waals surface area contributed by atoms with Gasteiger partial charge >= 0.3 is 6.16 Å². The fraction of sp³-hybridized carbons (Fsp3) is 0.300. The van der Waals surface area contributed by atoms with Gasteiger partial charge in [-0.15, -0.1) is 0 Å². The van der Waals surface area contributed by atoms with Gasteiger partial charge in [0.1, 0.15) is 11.6 Å². The van der Waals surface area contributed by atoms with Crippen LogP contribution in [0.2, 0.25) is 5.02 Å². The largest absolute Gasteiger partial charge is 0.513 e. The number of methoxy groups -OCH3 is 1. The third kappa shape index (κ3) is 3.75. The van der Waals surface area contributed by atoms with E-state index in [1.807, 2.05) is 13.8 Å². The van der Waals surface area contributed by atoms with Crippen LogP contribution in [0.1, 0.15) is 37.8 Å². The van der Waals surface area contributed by atoms with Crippen LogP contribution in [0, 0.1) is 5.82 Å². The van der Waals surface area contributed by atoms with Gasteiger partial charge in [-0.05, 0) is 39.0 Å². The van der Waals surface area contributed by atoms with E-state index in [9.17, 15) is 9.18 Å². The van der Waals surface area contributed by atoms with Gasteiger partial charge in [0.2, 0.25) is 5.88 Å². The molecule has 8 heteroatoms. The molecule has 0 saturated heterocycles. The summed E-state index contributed by atoms with van der Waals surface area (Å²) >= 11 is 6.35. The van der Waals surface area contributed by atoms with Crippen LogP contribution in [0.4, 0.5) is 14.9 Å². The van der Waals surface area contributed by atoms with Crippen molar-refractivity contribution in [3.8, 4) is 5.88 Å². The fourth-order valence-electron chi connectivity index (χ4n) is 3.10. The second kappa shape index (κ2) is 8.06. The number of ether oxygens (including phenoxy) is 3. The van der Waals surface area contributed by atoms with E-state index in [-0.39, 0.29) is 22.4 Å². The maximum Gasteiger partial charge on any atom is 0.513 e. The van der Waals surface area contributed by atoms with Crippen molar-refractivity contribution in [1.82, 2.24) is 4.98 Å². The first-order chi connectivity index (χ1) is 13.3. The summed E-state index contributed by atoms with van der Waals surface area (Å²) in [5.74, 6) is -0.939. The monoisotopic (exact) mass is 406 g/mol. The highest BCUT2D eigenvalue weighted by Crippen LogP contribution is 2.48. The number of halogens is 2. The Balaban J connectivity index is 2.28. The Labute approximate surface area is 167 Å². The van der Waals surface area contributed by atoms with Crippen LogP contribution >= 0.6 is 11.6 Å². The van der Waals surface area contributed by atoms with Crippen molar-refractivity contribution in [3.63, 3.8) is 0 Å². The summed E-state index contributed by atoms with van der Waals surface area (Å²) in [6.07, 6.45) is 0.489. The molecule has 0 radical (unpaired) electrons. The van der Waals surface area contributed by atoms with Crippen LogP contribution in [0.25, 0.3) is 0 Å². The summed E-state index contributed by atoms with van der Waals surface area (Å²) in [4.78, 5) is 16.2. The Bertz CT molecular complexity index is 926. The minimum atomic E-state index is -0.924. The first-order valence-corrected chi connectivity index (χ1v) is 9.04. The summed E-state index contributed by atoms with van der Waals surface area (Å²) in [6, 6.07) is 6.12. The summed E-state index contributed by atoms with van der Waals surface area (Å²) in [5.41, 5.74) is 1.85. The van der Waals surface area contributed by atoms with Gasteiger partial charge in [0.15, 0.2) is 0 Å². The standard InChI is InChI=1S/C20H20ClFN2O4/c1-10(2)27-19-16-14(8-9-23-19)24-11(3)18(28-20(25)26-4)17(16)15-12(21)6-5-7-13(15)22/h5-10,17,24H,1-4H3. The van der Waals surface area contributed by atoms with Crippen molar-refractivity contribution >= 4 is 23.4 Å². The first-order valence-electron chi connectivity index (χ1n) is 8.66. The summed E-state index contributed by atoms with van der Waals surface area (Å²) in [7, 11) is 1.20. The molecule has 1 N–H and O–H groups in total. The normalized spacial score (nSPS) is 15.8. The highest BCUT2D eigenvalue weighted by Gasteiger charge is 2.37. The minimum absolute atomic E-state index is 0.159. The third-order valence-corrected chi connectivity index (χ3v) is 4.52. The molecule has 148 valence electrons. The number of anilines is 1. The molecular formula is C20H20ClFN2O4. The van der Waals surface area contributed by atoms with Crippen LogP contribution in [-0.4, -0.2) is 24.4 Å². The summed E-state index contributed by atoms with van der Waals surface area (Å²) in [6.45, 7) is 5.43. The van der Waals surface area contributed by atoms with Gasteiger partial charge in [-0.1, -0.05) is 17.7 Å². The van der Waals surface area contributed by atoms with Crippen LogP contribution in [-0.2, 0) is 9.47 Å². The van der Waals surface area contributed by atoms with Crippen LogP contribution < -0.4 is 10.1 Å². The quantitative estimate of drug-likeness (QED) is 0.701. The molecule has 6 nitrogen and oxygen atoms in total. The van der Waals surface area contributed by atoms with Gasteiger partial charge in [0.25, 0.3) is 0 Å². The molecule has 0 saturated carbocycles. The van der Waals surface area contributed by atoms with E-state index in [1.165, 1.54) is 19.2 Å². The van der Waals surface area contributed by atoms with E-state index >= 15 is 0 Å². The van der Waals surface area contributed by atoms with Crippen LogP contribution in [0.3, 0.4) is 0 Å². The molecule has 0 aliphatic carbocycles. The number of aromatic nitrogens is 1. The van der Waals surface area contributed by atoms with E-state index in [0.29, 0.717) is 22.8 Å². The van der Waals surface area contributed by atoms with Crippen molar-refractivity contribution in [2.45, 2.75) is 32.8 Å². The van der Waals surface area contributed by atoms with Crippen molar-refractivity contribution < 1.29 is 23.4 Å². The molecule has 1 aliphatic heterocycles. The molecule has 0 spiro atoms. The number of pyridine rings is 1. The highest BCUT2D eigenvalue weighted by molar-refractivity contribution is 6.31. The Kier molecular flexibility index (Phi) is 5.74. The van der Waals surface area contributed by atoms with E-state index < -0.39 is 17.9 Å². The van der Waals surface area contributed by atoms with Crippen LogP contribution in [0.15, 0.2) is 41.9 Å². The maximum absolute atomic E-state index is 14.9. The lowest BCUT2D eigenvalue weighted by atomic mass is 9.85. The molecule has 28 heavy (non-hydrogen) atoms. The lowest BCUT2D eigenvalue weighted by molar-refractivity contribution is 0.0925. The van der Waals surface area contributed by atoms with Gasteiger partial charge in [0.05, 0.1) is 30.4 Å². The van der Waals surface area contributed by atoms with E-state index in [1.54, 1.807) is 25.3 Å². The fourth-order valence-corrected chi connectivity index (χ4v) is 3.37. The first kappa shape index (κ1) is 19.9. The van der Waals surface area contributed by atoms with E-state index in [0.717, 1.165) is 0 Å². The number of nitrogens with zero attached hydrogens (tertiary/aromatic N) is 1. The Morgan fingerprint density at radius 3 is 2.68 bits per heavy atom. The van der Waals surface area contributed by atoms with Gasteiger partial charge in [-0.2, -0.15) is 0 Å². The smallest absolute Gasteiger partial charge is 0.475 e. The average molecular weight is 407 g/mol. The number of fused-ring (bicyclic) bond motifs is 1. The number of allylic oxidation sites excluding steroid dienone is 2. The predicted molar refractivity (Wildman–Crippen MR) is 103 cm³/mol. The molecule has 0 amide bonds. The van der Waals surface area contributed by atoms with Crippen LogP contribution in [0.5, 0.6) is 5.88 Å². The van der Waals surface area contributed by atoms with Gasteiger partial charge in [-0.3, -0.25) is 0 Å². The topological polar surface area (TPSA) is 69.7 Å². The third-order valence-electron chi connectivity index (χ3n) is 4.19. The zero-order chi connectivity index (χ0) is 20.4. The number of carbonyl (C=O) groups excluding carboxylic acids is 1. The number of nitrogens with one attached hydrogen (secondary N) is 1. The minimum Gasteiger partial charge on any atom is -0.475 e. The van der Waals surface area contributed by atoms with E-state index in [2.05, 4.69) is 15.0 Å². The predicted octanol–water partition coefficient (Wildman–Crippen LogP) is 5.23. The number of carbonyl (C=O) groups is 1. The second-order valence-corrected chi connectivity index (χ2v) is 6.89. The molecule has 1 unspecified atom stereocenters. The van der Waals surface area contributed by atoms with Gasteiger partial charge < -0.3 is 19.5 Å². The zero-order valence-electron chi connectivity index (χ0n) is 15.9. The SMILES string of the molecule is COC(=O)OC1=C(C)Nc2ccnc(OC(C)C)c2C1c1c(F)cccc1Cl. The molecule has 0 fully saturated rings. The van der Waals surface area contributed by atoms with Gasteiger partial charge in [-0.25, -0.2) is 14.2 Å².